The van der Waals surface area contributed by atoms with E-state index in [-0.39, 0.29) is 0 Å². The van der Waals surface area contributed by atoms with Crippen LogP contribution in [-0.4, -0.2) is 51.7 Å². The Morgan fingerprint density at radius 3 is 2.86 bits per heavy atom. The van der Waals surface area contributed by atoms with E-state index in [1.54, 1.807) is 24.5 Å². The van der Waals surface area contributed by atoms with Crippen molar-refractivity contribution in [2.24, 2.45) is 5.73 Å². The van der Waals surface area contributed by atoms with E-state index in [0.717, 1.165) is 43.0 Å². The predicted molar refractivity (Wildman–Crippen MR) is 81.9 cm³/mol. The van der Waals surface area contributed by atoms with Crippen molar-refractivity contribution in [3.8, 4) is 0 Å². The van der Waals surface area contributed by atoms with Crippen molar-refractivity contribution < 1.29 is 4.79 Å². The number of nitrogens with zero attached hydrogens (tertiary/aromatic N) is 5. The van der Waals surface area contributed by atoms with Gasteiger partial charge in [-0.3, -0.25) is 9.20 Å². The van der Waals surface area contributed by atoms with Gasteiger partial charge in [-0.1, -0.05) is 0 Å². The third kappa shape index (κ3) is 1.96. The smallest absolute Gasteiger partial charge is 0.248 e. The van der Waals surface area contributed by atoms with Gasteiger partial charge in [0.05, 0.1) is 11.0 Å². The fraction of sp³-hybridized carbons (Fsp3) is 0.286. The molecule has 0 radical (unpaired) electrons. The molecule has 0 unspecified atom stereocenters. The number of carbonyl (C=O) groups excluding carboxylic acids is 1. The van der Waals surface area contributed by atoms with Crippen molar-refractivity contribution >= 4 is 28.4 Å². The largest absolute Gasteiger partial charge is 0.366 e. The monoisotopic (exact) mass is 297 g/mol. The molecule has 22 heavy (non-hydrogen) atoms. The summed E-state index contributed by atoms with van der Waals surface area (Å²) in [4.78, 5) is 18.3. The summed E-state index contributed by atoms with van der Waals surface area (Å²) in [5.74, 6) is 0.354. The Balaban J connectivity index is 1.96. The first kappa shape index (κ1) is 13.0. The van der Waals surface area contributed by atoms with Gasteiger partial charge in [-0.25, -0.2) is 4.98 Å². The second kappa shape index (κ2) is 4.92. The number of anilines is 1. The molecular weight excluding hydrogens is 282 g/mol. The zero-order valence-electron chi connectivity index (χ0n) is 11.9. The highest BCUT2D eigenvalue weighted by molar-refractivity contribution is 5.97. The third-order valence-electron chi connectivity index (χ3n) is 3.91. The lowest BCUT2D eigenvalue weighted by molar-refractivity contribution is 0.100. The Hall–Kier alpha value is -2.74. The van der Waals surface area contributed by atoms with Crippen LogP contribution in [0.2, 0.25) is 0 Å². The maximum Gasteiger partial charge on any atom is 0.248 e. The highest BCUT2D eigenvalue weighted by atomic mass is 16.1. The Morgan fingerprint density at radius 1 is 1.27 bits per heavy atom. The molecule has 3 N–H and O–H groups in total. The highest BCUT2D eigenvalue weighted by Crippen LogP contribution is 2.24. The van der Waals surface area contributed by atoms with E-state index in [4.69, 9.17) is 10.7 Å². The van der Waals surface area contributed by atoms with Crippen LogP contribution in [0.3, 0.4) is 0 Å². The standard InChI is InChI=1S/C14H15N7O/c15-12(22)9-1-2-10-11(7-9)21-8-17-19-14(21)13(18-10)20-5-3-16-4-6-20/h1-2,7-8,16H,3-6H2,(H2,15,22). The van der Waals surface area contributed by atoms with Gasteiger partial charge in [0, 0.05) is 31.7 Å². The second-order valence-corrected chi connectivity index (χ2v) is 5.26. The minimum Gasteiger partial charge on any atom is -0.366 e. The molecule has 2 aromatic heterocycles. The zero-order valence-corrected chi connectivity index (χ0v) is 11.9. The number of benzene rings is 1. The van der Waals surface area contributed by atoms with Crippen molar-refractivity contribution in [2.75, 3.05) is 31.1 Å². The van der Waals surface area contributed by atoms with Crippen LogP contribution in [0, 0.1) is 0 Å². The Labute approximate surface area is 125 Å². The maximum atomic E-state index is 11.4. The first-order valence-corrected chi connectivity index (χ1v) is 7.13. The number of aromatic nitrogens is 4. The number of hydrogen-bond donors (Lipinski definition) is 2. The van der Waals surface area contributed by atoms with Gasteiger partial charge in [0.15, 0.2) is 5.82 Å². The van der Waals surface area contributed by atoms with Gasteiger partial charge in [-0.2, -0.15) is 0 Å². The van der Waals surface area contributed by atoms with Gasteiger partial charge >= 0.3 is 0 Å². The van der Waals surface area contributed by atoms with E-state index in [1.807, 2.05) is 4.40 Å². The number of hydrogen-bond acceptors (Lipinski definition) is 6. The summed E-state index contributed by atoms with van der Waals surface area (Å²) >= 11 is 0. The normalized spacial score (nSPS) is 15.5. The van der Waals surface area contributed by atoms with Crippen LogP contribution in [0.4, 0.5) is 5.82 Å². The Bertz CT molecular complexity index is 866. The number of amides is 1. The minimum atomic E-state index is -0.464. The van der Waals surface area contributed by atoms with Crippen molar-refractivity contribution in [2.45, 2.75) is 0 Å². The van der Waals surface area contributed by atoms with E-state index >= 15 is 0 Å². The van der Waals surface area contributed by atoms with E-state index < -0.39 is 5.91 Å². The number of nitrogens with two attached hydrogens (primary N) is 1. The Morgan fingerprint density at radius 2 is 2.09 bits per heavy atom. The number of primary amides is 1. The number of carbonyl (C=O) groups is 1. The van der Waals surface area contributed by atoms with Crippen LogP contribution in [0.5, 0.6) is 0 Å². The molecule has 1 aliphatic heterocycles. The molecule has 0 aliphatic carbocycles. The number of nitrogens with one attached hydrogen (secondary N) is 1. The van der Waals surface area contributed by atoms with Crippen LogP contribution in [0.15, 0.2) is 24.5 Å². The molecule has 1 amide bonds. The van der Waals surface area contributed by atoms with Gasteiger partial charge in [0.2, 0.25) is 11.6 Å². The molecular formula is C14H15N7O. The SMILES string of the molecule is NC(=O)c1ccc2nc(N3CCNCC3)c3nncn3c2c1. The van der Waals surface area contributed by atoms with Gasteiger partial charge < -0.3 is 16.0 Å². The lowest BCUT2D eigenvalue weighted by atomic mass is 10.2. The molecule has 3 aromatic rings. The van der Waals surface area contributed by atoms with E-state index in [9.17, 15) is 4.79 Å². The first-order chi connectivity index (χ1) is 10.7. The van der Waals surface area contributed by atoms with E-state index in [0.29, 0.717) is 11.2 Å². The molecule has 0 atom stereocenters. The maximum absolute atomic E-state index is 11.4. The molecule has 0 bridgehead atoms. The third-order valence-corrected chi connectivity index (χ3v) is 3.91. The lowest BCUT2D eigenvalue weighted by Gasteiger charge is -2.28. The van der Waals surface area contributed by atoms with Crippen LogP contribution in [-0.2, 0) is 0 Å². The fourth-order valence-electron chi connectivity index (χ4n) is 2.78. The average molecular weight is 297 g/mol. The average Bonchev–Trinajstić information content (AvgIpc) is 3.04. The molecule has 1 saturated heterocycles. The minimum absolute atomic E-state index is 0.444. The predicted octanol–water partition coefficient (Wildman–Crippen LogP) is -0.214. The van der Waals surface area contributed by atoms with E-state index in [1.165, 1.54) is 0 Å². The fourth-order valence-corrected chi connectivity index (χ4v) is 2.78. The summed E-state index contributed by atoms with van der Waals surface area (Å²) in [6.45, 7) is 3.59. The summed E-state index contributed by atoms with van der Waals surface area (Å²) in [6.07, 6.45) is 1.63. The summed E-state index contributed by atoms with van der Waals surface area (Å²) in [5, 5.41) is 11.5. The Kier molecular flexibility index (Phi) is 2.90. The quantitative estimate of drug-likeness (QED) is 0.678. The molecule has 1 aliphatic rings. The van der Waals surface area contributed by atoms with Crippen molar-refractivity contribution in [3.63, 3.8) is 0 Å². The topological polar surface area (TPSA) is 101 Å². The highest BCUT2D eigenvalue weighted by Gasteiger charge is 2.18. The van der Waals surface area contributed by atoms with Gasteiger partial charge in [0.25, 0.3) is 0 Å². The van der Waals surface area contributed by atoms with Crippen molar-refractivity contribution in [1.29, 1.82) is 0 Å². The van der Waals surface area contributed by atoms with Crippen molar-refractivity contribution in [1.82, 2.24) is 24.9 Å². The molecule has 3 heterocycles. The van der Waals surface area contributed by atoms with Crippen LogP contribution in [0.25, 0.3) is 16.7 Å². The summed E-state index contributed by atoms with van der Waals surface area (Å²) < 4.78 is 1.85. The molecule has 8 heteroatoms. The summed E-state index contributed by atoms with van der Waals surface area (Å²) in [5.41, 5.74) is 8.05. The number of fused-ring (bicyclic) bond motifs is 3. The molecule has 112 valence electrons. The molecule has 0 spiro atoms. The van der Waals surface area contributed by atoms with Gasteiger partial charge in [0.1, 0.15) is 6.33 Å². The molecule has 4 rings (SSSR count). The van der Waals surface area contributed by atoms with Crippen molar-refractivity contribution in [3.05, 3.63) is 30.1 Å². The van der Waals surface area contributed by atoms with Crippen LogP contribution in [0.1, 0.15) is 10.4 Å². The molecule has 1 aromatic carbocycles. The number of piperazine rings is 1. The molecule has 1 fully saturated rings. The first-order valence-electron chi connectivity index (χ1n) is 7.13. The van der Waals surface area contributed by atoms with Crippen LogP contribution >= 0.6 is 0 Å². The summed E-state index contributed by atoms with van der Waals surface area (Å²) in [6, 6.07) is 5.22. The van der Waals surface area contributed by atoms with Crippen LogP contribution < -0.4 is 16.0 Å². The number of rotatable bonds is 2. The second-order valence-electron chi connectivity index (χ2n) is 5.26. The summed E-state index contributed by atoms with van der Waals surface area (Å²) in [7, 11) is 0. The van der Waals surface area contributed by atoms with Gasteiger partial charge in [-0.05, 0) is 18.2 Å². The van der Waals surface area contributed by atoms with Gasteiger partial charge in [-0.15, -0.1) is 10.2 Å². The lowest BCUT2D eigenvalue weighted by Crippen LogP contribution is -2.44. The van der Waals surface area contributed by atoms with E-state index in [2.05, 4.69) is 20.4 Å². The molecule has 0 saturated carbocycles. The molecule has 8 nitrogen and oxygen atoms in total. The zero-order chi connectivity index (χ0) is 15.1.